The fraction of sp³-hybridized carbons (Fsp3) is 0.273. The Bertz CT molecular complexity index is 1060. The Morgan fingerprint density at radius 3 is 2.00 bits per heavy atom. The summed E-state index contributed by atoms with van der Waals surface area (Å²) in [6.07, 6.45) is 1.92. The standard InChI is InChI=1S/C22H17ClF6N2O/c1-2-3-4-5-12-10-30-21(31-11-12)14-6-15(23)19(16(24)9-14)13-7-17(25)20(18(26)8-13)32-22(27,28)29/h6-11H,2-5H2,1H3. The van der Waals surface area contributed by atoms with Crippen molar-refractivity contribution in [3.05, 3.63) is 64.7 Å². The van der Waals surface area contributed by atoms with Crippen LogP contribution in [0.4, 0.5) is 26.3 Å². The van der Waals surface area contributed by atoms with Gasteiger partial charge >= 0.3 is 6.36 Å². The number of benzene rings is 2. The van der Waals surface area contributed by atoms with Crippen LogP contribution in [0.15, 0.2) is 36.7 Å². The molecule has 0 aliphatic carbocycles. The van der Waals surface area contributed by atoms with Gasteiger partial charge in [0.2, 0.25) is 5.75 Å². The van der Waals surface area contributed by atoms with Gasteiger partial charge in [-0.25, -0.2) is 23.1 Å². The predicted molar refractivity (Wildman–Crippen MR) is 108 cm³/mol. The smallest absolute Gasteiger partial charge is 0.399 e. The molecule has 10 heteroatoms. The zero-order chi connectivity index (χ0) is 23.5. The molecule has 0 spiro atoms. The highest BCUT2D eigenvalue weighted by Crippen LogP contribution is 2.38. The van der Waals surface area contributed by atoms with Gasteiger partial charge in [-0.1, -0.05) is 31.4 Å². The lowest BCUT2D eigenvalue weighted by molar-refractivity contribution is -0.276. The maximum atomic E-state index is 14.8. The van der Waals surface area contributed by atoms with Crippen molar-refractivity contribution in [2.24, 2.45) is 0 Å². The Kier molecular flexibility index (Phi) is 7.28. The molecule has 0 aliphatic heterocycles. The monoisotopic (exact) mass is 474 g/mol. The third kappa shape index (κ3) is 5.70. The van der Waals surface area contributed by atoms with E-state index in [1.165, 1.54) is 6.07 Å². The van der Waals surface area contributed by atoms with Gasteiger partial charge in [0.15, 0.2) is 17.5 Å². The Balaban J connectivity index is 1.91. The van der Waals surface area contributed by atoms with Crippen LogP contribution in [0.2, 0.25) is 5.02 Å². The van der Waals surface area contributed by atoms with Crippen molar-refractivity contribution < 1.29 is 31.1 Å². The van der Waals surface area contributed by atoms with E-state index in [4.69, 9.17) is 11.6 Å². The van der Waals surface area contributed by atoms with E-state index in [1.807, 2.05) is 0 Å². The number of rotatable bonds is 7. The van der Waals surface area contributed by atoms with E-state index in [-0.39, 0.29) is 22.0 Å². The highest BCUT2D eigenvalue weighted by molar-refractivity contribution is 6.33. The molecule has 0 aliphatic rings. The molecule has 0 unspecified atom stereocenters. The second-order valence-electron chi connectivity index (χ2n) is 7.00. The first-order chi connectivity index (χ1) is 15.1. The number of aromatic nitrogens is 2. The van der Waals surface area contributed by atoms with Gasteiger partial charge in [0.1, 0.15) is 5.82 Å². The molecule has 3 rings (SSSR count). The number of alkyl halides is 3. The minimum atomic E-state index is -5.29. The molecule has 32 heavy (non-hydrogen) atoms. The summed E-state index contributed by atoms with van der Waals surface area (Å²) in [7, 11) is 0. The number of hydrogen-bond donors (Lipinski definition) is 0. The van der Waals surface area contributed by atoms with E-state index >= 15 is 0 Å². The molecule has 170 valence electrons. The Morgan fingerprint density at radius 1 is 0.875 bits per heavy atom. The van der Waals surface area contributed by atoms with Crippen molar-refractivity contribution in [1.82, 2.24) is 9.97 Å². The lowest BCUT2D eigenvalue weighted by Crippen LogP contribution is -2.19. The number of hydrogen-bond acceptors (Lipinski definition) is 3. The molecule has 3 nitrogen and oxygen atoms in total. The van der Waals surface area contributed by atoms with Crippen molar-refractivity contribution in [3.63, 3.8) is 0 Å². The molecule has 2 aromatic carbocycles. The molecule has 0 atom stereocenters. The van der Waals surface area contributed by atoms with Crippen LogP contribution in [-0.4, -0.2) is 16.3 Å². The number of aryl methyl sites for hydroxylation is 1. The van der Waals surface area contributed by atoms with Gasteiger partial charge < -0.3 is 4.74 Å². The molecule has 0 N–H and O–H groups in total. The van der Waals surface area contributed by atoms with Crippen LogP contribution in [0.25, 0.3) is 22.5 Å². The average Bonchev–Trinajstić information content (AvgIpc) is 2.70. The van der Waals surface area contributed by atoms with Gasteiger partial charge in [-0.15, -0.1) is 13.2 Å². The van der Waals surface area contributed by atoms with Crippen molar-refractivity contribution in [3.8, 4) is 28.3 Å². The molecule has 0 amide bonds. The second kappa shape index (κ2) is 9.77. The third-order valence-electron chi connectivity index (χ3n) is 4.58. The summed E-state index contributed by atoms with van der Waals surface area (Å²) < 4.78 is 83.1. The minimum Gasteiger partial charge on any atom is -0.399 e. The van der Waals surface area contributed by atoms with Crippen LogP contribution in [0.1, 0.15) is 31.7 Å². The minimum absolute atomic E-state index is 0.197. The zero-order valence-corrected chi connectivity index (χ0v) is 17.5. The van der Waals surface area contributed by atoms with E-state index < -0.39 is 35.1 Å². The topological polar surface area (TPSA) is 35.0 Å². The Hall–Kier alpha value is -2.81. The van der Waals surface area contributed by atoms with Crippen molar-refractivity contribution in [1.29, 1.82) is 0 Å². The van der Waals surface area contributed by atoms with E-state index in [0.29, 0.717) is 12.1 Å². The van der Waals surface area contributed by atoms with Crippen molar-refractivity contribution in [2.75, 3.05) is 0 Å². The summed E-state index contributed by atoms with van der Waals surface area (Å²) in [4.78, 5) is 8.41. The molecule has 3 aromatic rings. The number of unbranched alkanes of at least 4 members (excludes halogenated alkanes) is 2. The molecule has 0 saturated carbocycles. The molecule has 0 fully saturated rings. The summed E-state index contributed by atoms with van der Waals surface area (Å²) >= 11 is 6.13. The van der Waals surface area contributed by atoms with Gasteiger partial charge in [-0.3, -0.25) is 0 Å². The van der Waals surface area contributed by atoms with Crippen LogP contribution in [0, 0.1) is 17.5 Å². The first kappa shape index (κ1) is 23.8. The van der Waals surface area contributed by atoms with E-state index in [2.05, 4.69) is 21.6 Å². The summed E-state index contributed by atoms with van der Waals surface area (Å²) in [5, 5.41) is -0.223. The number of nitrogens with zero attached hydrogens (tertiary/aromatic N) is 2. The number of ether oxygens (including phenoxy) is 1. The van der Waals surface area contributed by atoms with Crippen molar-refractivity contribution >= 4 is 11.6 Å². The molecule has 0 saturated heterocycles. The Labute approximate surface area is 185 Å². The zero-order valence-electron chi connectivity index (χ0n) is 16.7. The van der Waals surface area contributed by atoms with Crippen LogP contribution in [0.3, 0.4) is 0 Å². The van der Waals surface area contributed by atoms with Gasteiger partial charge in [0.25, 0.3) is 0 Å². The highest BCUT2D eigenvalue weighted by Gasteiger charge is 2.34. The van der Waals surface area contributed by atoms with Gasteiger partial charge in [-0.2, -0.15) is 0 Å². The first-order valence-corrected chi connectivity index (χ1v) is 10.0. The molecule has 0 radical (unpaired) electrons. The normalized spacial score (nSPS) is 11.6. The summed E-state index contributed by atoms with van der Waals surface area (Å²) in [6.45, 7) is 2.09. The average molecular weight is 475 g/mol. The summed E-state index contributed by atoms with van der Waals surface area (Å²) in [5.41, 5.74) is 0.380. The largest absolute Gasteiger partial charge is 0.573 e. The summed E-state index contributed by atoms with van der Waals surface area (Å²) in [5.74, 6) is -5.70. The number of halogens is 7. The quantitative estimate of drug-likeness (QED) is 0.262. The van der Waals surface area contributed by atoms with Crippen LogP contribution in [-0.2, 0) is 6.42 Å². The van der Waals surface area contributed by atoms with Gasteiger partial charge in [0, 0.05) is 23.5 Å². The fourth-order valence-corrected chi connectivity index (χ4v) is 3.42. The Morgan fingerprint density at radius 2 is 1.47 bits per heavy atom. The third-order valence-corrected chi connectivity index (χ3v) is 4.88. The molecule has 1 heterocycles. The van der Waals surface area contributed by atoms with E-state index in [0.717, 1.165) is 37.3 Å². The van der Waals surface area contributed by atoms with Crippen molar-refractivity contribution in [2.45, 2.75) is 39.0 Å². The maximum absolute atomic E-state index is 14.8. The van der Waals surface area contributed by atoms with Crippen LogP contribution < -0.4 is 4.74 Å². The van der Waals surface area contributed by atoms with E-state index in [1.54, 1.807) is 12.4 Å². The fourth-order valence-electron chi connectivity index (χ4n) is 3.11. The summed E-state index contributed by atoms with van der Waals surface area (Å²) in [6, 6.07) is 3.36. The molecular weight excluding hydrogens is 458 g/mol. The molecule has 0 bridgehead atoms. The lowest BCUT2D eigenvalue weighted by atomic mass is 10.0. The van der Waals surface area contributed by atoms with E-state index in [9.17, 15) is 26.3 Å². The lowest BCUT2D eigenvalue weighted by Gasteiger charge is -2.13. The highest BCUT2D eigenvalue weighted by atomic mass is 35.5. The molecule has 1 aromatic heterocycles. The second-order valence-corrected chi connectivity index (χ2v) is 7.41. The maximum Gasteiger partial charge on any atom is 0.573 e. The first-order valence-electron chi connectivity index (χ1n) is 9.64. The van der Waals surface area contributed by atoms with Gasteiger partial charge in [-0.05, 0) is 48.2 Å². The van der Waals surface area contributed by atoms with Gasteiger partial charge in [0.05, 0.1) is 5.02 Å². The van der Waals surface area contributed by atoms with Crippen LogP contribution >= 0.6 is 11.6 Å². The SMILES string of the molecule is CCCCCc1cnc(-c2cc(F)c(-c3cc(F)c(OC(F)(F)F)c(F)c3)c(Cl)c2)nc1. The predicted octanol–water partition coefficient (Wildman–Crippen LogP) is 7.51. The molecular formula is C22H17ClF6N2O. The van der Waals surface area contributed by atoms with Crippen LogP contribution in [0.5, 0.6) is 5.75 Å².